The molecule has 6 nitrogen and oxygen atoms in total. The number of halogens is 1. The number of benzene rings is 1. The van der Waals surface area contributed by atoms with Gasteiger partial charge in [-0.05, 0) is 35.0 Å². The van der Waals surface area contributed by atoms with Crippen LogP contribution < -0.4 is 5.73 Å². The van der Waals surface area contributed by atoms with Gasteiger partial charge in [0.25, 0.3) is 0 Å². The summed E-state index contributed by atoms with van der Waals surface area (Å²) >= 11 is 0. The van der Waals surface area contributed by atoms with Crippen molar-refractivity contribution in [3.8, 4) is 11.4 Å². The number of hydrogen-bond donors (Lipinski definition) is 1. The molecule has 0 bridgehead atoms. The topological polar surface area (TPSA) is 78.8 Å². The molecule has 3 rings (SSSR count). The predicted molar refractivity (Wildman–Crippen MR) is 75.9 cm³/mol. The third kappa shape index (κ3) is 2.08. The Bertz CT molecular complexity index is 669. The van der Waals surface area contributed by atoms with Crippen LogP contribution in [0.4, 0.5) is 10.1 Å². The minimum atomic E-state index is -0.388. The van der Waals surface area contributed by atoms with Crippen molar-refractivity contribution in [3.05, 3.63) is 24.0 Å². The summed E-state index contributed by atoms with van der Waals surface area (Å²) in [5, 5.41) is 11.7. The number of hydrogen-bond acceptors (Lipinski definition) is 5. The highest BCUT2D eigenvalue weighted by Gasteiger charge is 2.51. The standard InChI is InChI=1S/C14H18FN5O/c1-14(2)11(7-12(14)21-3)20-13(17-18-19-20)9-6-8(16)4-5-10(9)15/h4-6,11-12H,7,16H2,1-3H3. The molecule has 2 atom stereocenters. The van der Waals surface area contributed by atoms with Crippen LogP contribution in [0, 0.1) is 11.2 Å². The van der Waals surface area contributed by atoms with Crippen LogP contribution >= 0.6 is 0 Å². The molecule has 1 saturated carbocycles. The van der Waals surface area contributed by atoms with Gasteiger partial charge in [0, 0.05) is 18.2 Å². The molecule has 1 aromatic heterocycles. The van der Waals surface area contributed by atoms with E-state index in [-0.39, 0.29) is 23.4 Å². The van der Waals surface area contributed by atoms with Gasteiger partial charge in [-0.15, -0.1) is 5.10 Å². The van der Waals surface area contributed by atoms with Gasteiger partial charge in [0.05, 0.1) is 17.7 Å². The van der Waals surface area contributed by atoms with Gasteiger partial charge in [0.15, 0.2) is 5.82 Å². The Morgan fingerprint density at radius 3 is 2.86 bits per heavy atom. The number of nitrogens with two attached hydrogens (primary N) is 1. The van der Waals surface area contributed by atoms with Crippen molar-refractivity contribution in [1.29, 1.82) is 0 Å². The van der Waals surface area contributed by atoms with E-state index in [1.54, 1.807) is 17.9 Å². The summed E-state index contributed by atoms with van der Waals surface area (Å²) < 4.78 is 21.2. The number of anilines is 1. The van der Waals surface area contributed by atoms with Crippen LogP contribution in [-0.4, -0.2) is 33.4 Å². The lowest BCUT2D eigenvalue weighted by molar-refractivity contribution is -0.116. The zero-order chi connectivity index (χ0) is 15.2. The molecule has 2 N–H and O–H groups in total. The zero-order valence-electron chi connectivity index (χ0n) is 12.2. The van der Waals surface area contributed by atoms with E-state index in [4.69, 9.17) is 10.5 Å². The van der Waals surface area contributed by atoms with Gasteiger partial charge >= 0.3 is 0 Å². The van der Waals surface area contributed by atoms with E-state index in [0.717, 1.165) is 6.42 Å². The Labute approximate surface area is 122 Å². The number of ether oxygens (including phenoxy) is 1. The number of rotatable bonds is 3. The lowest BCUT2D eigenvalue weighted by atomic mass is 9.64. The van der Waals surface area contributed by atoms with Gasteiger partial charge in [-0.3, -0.25) is 0 Å². The monoisotopic (exact) mass is 291 g/mol. The summed E-state index contributed by atoms with van der Waals surface area (Å²) in [6.07, 6.45) is 0.941. The summed E-state index contributed by atoms with van der Waals surface area (Å²) in [6, 6.07) is 4.46. The third-order valence-electron chi connectivity index (χ3n) is 4.43. The van der Waals surface area contributed by atoms with E-state index in [2.05, 4.69) is 29.4 Å². The van der Waals surface area contributed by atoms with E-state index in [1.807, 2.05) is 0 Å². The zero-order valence-corrected chi connectivity index (χ0v) is 12.2. The Morgan fingerprint density at radius 1 is 1.43 bits per heavy atom. The molecule has 112 valence electrons. The van der Waals surface area contributed by atoms with Gasteiger partial charge in [0.2, 0.25) is 0 Å². The summed E-state index contributed by atoms with van der Waals surface area (Å²) in [6.45, 7) is 4.19. The fraction of sp³-hybridized carbons (Fsp3) is 0.500. The first-order valence-corrected chi connectivity index (χ1v) is 6.81. The van der Waals surface area contributed by atoms with Crippen molar-refractivity contribution in [2.24, 2.45) is 5.41 Å². The Morgan fingerprint density at radius 2 is 2.19 bits per heavy atom. The molecule has 1 aliphatic rings. The van der Waals surface area contributed by atoms with Crippen LogP contribution in [-0.2, 0) is 4.74 Å². The first-order chi connectivity index (χ1) is 9.95. The summed E-state index contributed by atoms with van der Waals surface area (Å²) in [5.74, 6) is 0.00750. The van der Waals surface area contributed by atoms with Crippen molar-refractivity contribution < 1.29 is 9.13 Å². The molecule has 0 radical (unpaired) electrons. The quantitative estimate of drug-likeness (QED) is 0.876. The molecule has 0 amide bonds. The molecule has 7 heteroatoms. The number of methoxy groups -OCH3 is 1. The van der Waals surface area contributed by atoms with E-state index < -0.39 is 0 Å². The Hall–Kier alpha value is -2.02. The van der Waals surface area contributed by atoms with E-state index in [1.165, 1.54) is 12.1 Å². The van der Waals surface area contributed by atoms with Crippen molar-refractivity contribution in [2.75, 3.05) is 12.8 Å². The molecule has 1 fully saturated rings. The van der Waals surface area contributed by atoms with E-state index >= 15 is 0 Å². The molecule has 0 spiro atoms. The maximum atomic E-state index is 14.0. The van der Waals surface area contributed by atoms with Crippen LogP contribution in [0.2, 0.25) is 0 Å². The van der Waals surface area contributed by atoms with Crippen molar-refractivity contribution in [2.45, 2.75) is 32.4 Å². The normalized spacial score (nSPS) is 23.8. The van der Waals surface area contributed by atoms with Crippen LogP contribution in [0.15, 0.2) is 18.2 Å². The molecule has 1 aromatic carbocycles. The van der Waals surface area contributed by atoms with Gasteiger partial charge in [0.1, 0.15) is 5.82 Å². The number of tetrazole rings is 1. The van der Waals surface area contributed by atoms with E-state index in [9.17, 15) is 4.39 Å². The van der Waals surface area contributed by atoms with Crippen LogP contribution in [0.25, 0.3) is 11.4 Å². The number of aromatic nitrogens is 4. The highest BCUT2D eigenvalue weighted by molar-refractivity contribution is 5.61. The second-order valence-electron chi connectivity index (χ2n) is 5.98. The molecule has 2 aromatic rings. The average molecular weight is 291 g/mol. The van der Waals surface area contributed by atoms with Gasteiger partial charge in [-0.1, -0.05) is 13.8 Å². The molecule has 21 heavy (non-hydrogen) atoms. The molecule has 1 aliphatic carbocycles. The lowest BCUT2D eigenvalue weighted by Gasteiger charge is -2.50. The smallest absolute Gasteiger partial charge is 0.185 e. The third-order valence-corrected chi connectivity index (χ3v) is 4.43. The van der Waals surface area contributed by atoms with Gasteiger partial charge in [-0.25, -0.2) is 9.07 Å². The second-order valence-corrected chi connectivity index (χ2v) is 5.98. The average Bonchev–Trinajstić information content (AvgIpc) is 2.89. The maximum Gasteiger partial charge on any atom is 0.185 e. The molecule has 0 aliphatic heterocycles. The number of nitrogen functional groups attached to an aromatic ring is 1. The minimum Gasteiger partial charge on any atom is -0.399 e. The highest BCUT2D eigenvalue weighted by atomic mass is 19.1. The molecular formula is C14H18FN5O. The molecule has 0 saturated heterocycles. The SMILES string of the molecule is COC1CC(n2nnnc2-c2cc(N)ccc2F)C1(C)C. The second kappa shape index (κ2) is 4.77. The molecule has 2 unspecified atom stereocenters. The Balaban J connectivity index is 2.01. The summed E-state index contributed by atoms with van der Waals surface area (Å²) in [5.41, 5.74) is 6.42. The largest absolute Gasteiger partial charge is 0.399 e. The first kappa shape index (κ1) is 13.9. The van der Waals surface area contributed by atoms with E-state index in [0.29, 0.717) is 17.1 Å². The lowest BCUT2D eigenvalue weighted by Crippen LogP contribution is -2.51. The highest BCUT2D eigenvalue weighted by Crippen LogP contribution is 2.51. The van der Waals surface area contributed by atoms with Gasteiger partial charge in [-0.2, -0.15) is 0 Å². The predicted octanol–water partition coefficient (Wildman–Crippen LogP) is 2.05. The minimum absolute atomic E-state index is 0.0632. The van der Waals surface area contributed by atoms with Crippen LogP contribution in [0.1, 0.15) is 26.3 Å². The Kier molecular flexibility index (Phi) is 3.16. The summed E-state index contributed by atoms with van der Waals surface area (Å²) in [7, 11) is 1.70. The van der Waals surface area contributed by atoms with Crippen LogP contribution in [0.5, 0.6) is 0 Å². The molecular weight excluding hydrogens is 273 g/mol. The summed E-state index contributed by atoms with van der Waals surface area (Å²) in [4.78, 5) is 0. The van der Waals surface area contributed by atoms with Crippen molar-refractivity contribution in [1.82, 2.24) is 20.2 Å². The maximum absolute atomic E-state index is 14.0. The fourth-order valence-electron chi connectivity index (χ4n) is 2.97. The van der Waals surface area contributed by atoms with Gasteiger partial charge < -0.3 is 10.5 Å². The van der Waals surface area contributed by atoms with Crippen molar-refractivity contribution in [3.63, 3.8) is 0 Å². The first-order valence-electron chi connectivity index (χ1n) is 6.81. The fourth-order valence-corrected chi connectivity index (χ4v) is 2.97. The van der Waals surface area contributed by atoms with Crippen LogP contribution in [0.3, 0.4) is 0 Å². The number of nitrogens with zero attached hydrogens (tertiary/aromatic N) is 4. The van der Waals surface area contributed by atoms with Crippen molar-refractivity contribution >= 4 is 5.69 Å². The molecule has 1 heterocycles.